The topological polar surface area (TPSA) is 54.7 Å². The maximum absolute atomic E-state index is 5.46. The highest BCUT2D eigenvalue weighted by Gasteiger charge is 2.06. The Morgan fingerprint density at radius 1 is 1.38 bits per heavy atom. The molecule has 0 saturated heterocycles. The SMILES string of the molecule is CCCCSc1nc(CSCCN)c(C)[nH]1. The molecule has 5 heteroatoms. The van der Waals surface area contributed by atoms with Crippen molar-refractivity contribution in [3.8, 4) is 0 Å². The van der Waals surface area contributed by atoms with E-state index in [2.05, 4.69) is 23.8 Å². The van der Waals surface area contributed by atoms with E-state index in [4.69, 9.17) is 5.73 Å². The smallest absolute Gasteiger partial charge is 0.165 e. The molecule has 0 radical (unpaired) electrons. The molecule has 0 fully saturated rings. The molecule has 3 N–H and O–H groups in total. The number of unbranched alkanes of at least 4 members (excludes halogenated alkanes) is 1. The first-order chi connectivity index (χ1) is 7.77. The highest BCUT2D eigenvalue weighted by molar-refractivity contribution is 7.99. The monoisotopic (exact) mass is 259 g/mol. The van der Waals surface area contributed by atoms with Crippen molar-refractivity contribution < 1.29 is 0 Å². The van der Waals surface area contributed by atoms with Gasteiger partial charge in [0.1, 0.15) is 0 Å². The largest absolute Gasteiger partial charge is 0.337 e. The Labute approximate surface area is 106 Å². The van der Waals surface area contributed by atoms with Crippen molar-refractivity contribution >= 4 is 23.5 Å². The third-order valence-electron chi connectivity index (χ3n) is 2.20. The number of hydrogen-bond acceptors (Lipinski definition) is 4. The summed E-state index contributed by atoms with van der Waals surface area (Å²) in [5.74, 6) is 3.12. The number of nitrogens with two attached hydrogens (primary N) is 1. The van der Waals surface area contributed by atoms with E-state index in [0.29, 0.717) is 0 Å². The van der Waals surface area contributed by atoms with Crippen LogP contribution in [0.1, 0.15) is 31.2 Å². The lowest BCUT2D eigenvalue weighted by Gasteiger charge is -1.96. The first-order valence-corrected chi connectivity index (χ1v) is 7.88. The van der Waals surface area contributed by atoms with Gasteiger partial charge in [0, 0.05) is 29.5 Å². The zero-order valence-electron chi connectivity index (χ0n) is 10.1. The van der Waals surface area contributed by atoms with E-state index in [1.165, 1.54) is 24.2 Å². The number of H-pyrrole nitrogens is 1. The van der Waals surface area contributed by atoms with Crippen LogP contribution in [-0.4, -0.2) is 28.0 Å². The number of rotatable bonds is 8. The predicted octanol–water partition coefficient (Wildman–Crippen LogP) is 2.80. The van der Waals surface area contributed by atoms with Crippen molar-refractivity contribution in [1.82, 2.24) is 9.97 Å². The Morgan fingerprint density at radius 2 is 2.19 bits per heavy atom. The van der Waals surface area contributed by atoms with Crippen LogP contribution in [0.4, 0.5) is 0 Å². The molecule has 3 nitrogen and oxygen atoms in total. The summed E-state index contributed by atoms with van der Waals surface area (Å²) in [7, 11) is 0. The van der Waals surface area contributed by atoms with Crippen LogP contribution in [0.3, 0.4) is 0 Å². The van der Waals surface area contributed by atoms with Crippen molar-refractivity contribution in [3.63, 3.8) is 0 Å². The van der Waals surface area contributed by atoms with Crippen LogP contribution < -0.4 is 5.73 Å². The average Bonchev–Trinajstić information content (AvgIpc) is 2.61. The highest BCUT2D eigenvalue weighted by atomic mass is 32.2. The Balaban J connectivity index is 2.39. The van der Waals surface area contributed by atoms with Gasteiger partial charge in [-0.3, -0.25) is 0 Å². The maximum atomic E-state index is 5.46. The summed E-state index contributed by atoms with van der Waals surface area (Å²) in [5, 5.41) is 1.06. The first-order valence-electron chi connectivity index (χ1n) is 5.74. The molecule has 0 atom stereocenters. The third-order valence-corrected chi connectivity index (χ3v) is 4.16. The molecule has 0 saturated carbocycles. The molecule has 1 aromatic heterocycles. The van der Waals surface area contributed by atoms with Crippen LogP contribution in [0.25, 0.3) is 0 Å². The standard InChI is InChI=1S/C11H21N3S2/c1-3-4-6-16-11-13-9(2)10(14-11)8-15-7-5-12/h3-8,12H2,1-2H3,(H,13,14). The summed E-state index contributed by atoms with van der Waals surface area (Å²) >= 11 is 3.66. The lowest BCUT2D eigenvalue weighted by Crippen LogP contribution is -2.01. The first kappa shape index (κ1) is 13.9. The van der Waals surface area contributed by atoms with Crippen LogP contribution in [-0.2, 0) is 5.75 Å². The molecule has 0 aliphatic carbocycles. The molecule has 0 bridgehead atoms. The summed E-state index contributed by atoms with van der Waals surface area (Å²) in [6.45, 7) is 5.05. The van der Waals surface area contributed by atoms with Gasteiger partial charge in [-0.05, 0) is 13.3 Å². The van der Waals surface area contributed by atoms with Crippen molar-refractivity contribution in [2.24, 2.45) is 5.73 Å². The minimum atomic E-state index is 0.742. The normalized spacial score (nSPS) is 10.9. The summed E-state index contributed by atoms with van der Waals surface area (Å²) in [6.07, 6.45) is 2.49. The van der Waals surface area contributed by atoms with E-state index in [1.54, 1.807) is 0 Å². The highest BCUT2D eigenvalue weighted by Crippen LogP contribution is 2.20. The van der Waals surface area contributed by atoms with Gasteiger partial charge in [-0.25, -0.2) is 4.98 Å². The molecule has 0 amide bonds. The molecule has 16 heavy (non-hydrogen) atoms. The van der Waals surface area contributed by atoms with Crippen molar-refractivity contribution in [2.45, 2.75) is 37.6 Å². The molecule has 92 valence electrons. The maximum Gasteiger partial charge on any atom is 0.165 e. The fraction of sp³-hybridized carbons (Fsp3) is 0.727. The van der Waals surface area contributed by atoms with E-state index in [0.717, 1.165) is 29.0 Å². The number of thioether (sulfide) groups is 2. The summed E-state index contributed by atoms with van der Waals surface area (Å²) in [6, 6.07) is 0. The van der Waals surface area contributed by atoms with Gasteiger partial charge in [-0.2, -0.15) is 11.8 Å². The van der Waals surface area contributed by atoms with Crippen LogP contribution in [0.5, 0.6) is 0 Å². The number of aromatic nitrogens is 2. The van der Waals surface area contributed by atoms with Gasteiger partial charge in [0.25, 0.3) is 0 Å². The van der Waals surface area contributed by atoms with Gasteiger partial charge in [0.2, 0.25) is 0 Å². The van der Waals surface area contributed by atoms with Gasteiger partial charge in [0.05, 0.1) is 5.69 Å². The van der Waals surface area contributed by atoms with E-state index >= 15 is 0 Å². The number of aryl methyl sites for hydroxylation is 1. The minimum absolute atomic E-state index is 0.742. The minimum Gasteiger partial charge on any atom is -0.337 e. The molecule has 0 unspecified atom stereocenters. The molecule has 1 aromatic rings. The quantitative estimate of drug-likeness (QED) is 0.557. The van der Waals surface area contributed by atoms with E-state index in [9.17, 15) is 0 Å². The number of nitrogens with zero attached hydrogens (tertiary/aromatic N) is 1. The Hall–Kier alpha value is -0.130. The molecule has 1 heterocycles. The van der Waals surface area contributed by atoms with Crippen molar-refractivity contribution in [1.29, 1.82) is 0 Å². The molecule has 0 aliphatic rings. The zero-order chi connectivity index (χ0) is 11.8. The second kappa shape index (κ2) is 8.03. The lowest BCUT2D eigenvalue weighted by molar-refractivity contribution is 0.891. The second-order valence-corrected chi connectivity index (χ2v) is 5.85. The molecule has 1 rings (SSSR count). The molecular formula is C11H21N3S2. The number of nitrogens with one attached hydrogen (secondary N) is 1. The van der Waals surface area contributed by atoms with Gasteiger partial charge >= 0.3 is 0 Å². The van der Waals surface area contributed by atoms with E-state index in [1.807, 2.05) is 23.5 Å². The van der Waals surface area contributed by atoms with E-state index < -0.39 is 0 Å². The van der Waals surface area contributed by atoms with Gasteiger partial charge < -0.3 is 10.7 Å². The summed E-state index contributed by atoms with van der Waals surface area (Å²) in [5.41, 5.74) is 7.84. The van der Waals surface area contributed by atoms with Gasteiger partial charge in [0.15, 0.2) is 5.16 Å². The second-order valence-electron chi connectivity index (χ2n) is 3.66. The Kier molecular flexibility index (Phi) is 7.00. The number of imidazole rings is 1. The number of aromatic amines is 1. The lowest BCUT2D eigenvalue weighted by atomic mass is 10.4. The van der Waals surface area contributed by atoms with Crippen molar-refractivity contribution in [2.75, 3.05) is 18.1 Å². The summed E-state index contributed by atoms with van der Waals surface area (Å²) < 4.78 is 0. The zero-order valence-corrected chi connectivity index (χ0v) is 11.7. The van der Waals surface area contributed by atoms with Crippen LogP contribution in [0, 0.1) is 6.92 Å². The van der Waals surface area contributed by atoms with Crippen molar-refractivity contribution in [3.05, 3.63) is 11.4 Å². The fourth-order valence-electron chi connectivity index (χ4n) is 1.24. The van der Waals surface area contributed by atoms with Crippen LogP contribution in [0.15, 0.2) is 5.16 Å². The van der Waals surface area contributed by atoms with E-state index in [-0.39, 0.29) is 0 Å². The molecular weight excluding hydrogens is 238 g/mol. The van der Waals surface area contributed by atoms with Gasteiger partial charge in [-0.1, -0.05) is 25.1 Å². The van der Waals surface area contributed by atoms with Gasteiger partial charge in [-0.15, -0.1) is 0 Å². The average molecular weight is 259 g/mol. The van der Waals surface area contributed by atoms with Crippen LogP contribution in [0.2, 0.25) is 0 Å². The Morgan fingerprint density at radius 3 is 2.88 bits per heavy atom. The third kappa shape index (κ3) is 4.80. The fourth-order valence-corrected chi connectivity index (χ4v) is 3.05. The Bertz CT molecular complexity index is 299. The molecule has 0 aromatic carbocycles. The summed E-state index contributed by atoms with van der Waals surface area (Å²) in [4.78, 5) is 7.94. The predicted molar refractivity (Wildman–Crippen MR) is 74.2 cm³/mol. The molecule has 0 aliphatic heterocycles. The van der Waals surface area contributed by atoms with Crippen LogP contribution >= 0.6 is 23.5 Å². The number of hydrogen-bond donors (Lipinski definition) is 2. The molecule has 0 spiro atoms.